The number of nitrogen functional groups attached to an aromatic ring is 1. The number of aliphatic hydroxyl groups is 1. The Morgan fingerprint density at radius 1 is 1.38 bits per heavy atom. The zero-order valence-corrected chi connectivity index (χ0v) is 9.08. The fourth-order valence-corrected chi connectivity index (χ4v) is 2.96. The predicted molar refractivity (Wildman–Crippen MR) is 60.9 cm³/mol. The number of nitrogens with zero attached hydrogens (tertiary/aromatic N) is 3. The Labute approximate surface area is 94.3 Å². The van der Waals surface area contributed by atoms with Gasteiger partial charge in [0.25, 0.3) is 0 Å². The Kier molecular flexibility index (Phi) is 2.21. The molecule has 5 nitrogen and oxygen atoms in total. The molecule has 16 heavy (non-hydrogen) atoms. The number of aromatic nitrogens is 2. The molecule has 1 aliphatic heterocycles. The Morgan fingerprint density at radius 3 is 3.00 bits per heavy atom. The molecule has 0 radical (unpaired) electrons. The molecule has 0 bridgehead atoms. The van der Waals surface area contributed by atoms with Gasteiger partial charge >= 0.3 is 0 Å². The van der Waals surface area contributed by atoms with Crippen LogP contribution in [0, 0.1) is 11.8 Å². The van der Waals surface area contributed by atoms with E-state index in [-0.39, 0.29) is 6.10 Å². The molecule has 2 heterocycles. The van der Waals surface area contributed by atoms with Crippen molar-refractivity contribution in [2.24, 2.45) is 11.8 Å². The average Bonchev–Trinajstić information content (AvgIpc) is 2.81. The standard InChI is InChI=1S/C11H16N4O/c12-11-13-4-3-10(14-11)15-5-7-1-2-9(16)8(7)6-15/h3-4,7-9,16H,1-2,5-6H2,(H2,12,13,14). The highest BCUT2D eigenvalue weighted by atomic mass is 16.3. The van der Waals surface area contributed by atoms with Gasteiger partial charge in [0.1, 0.15) is 5.82 Å². The van der Waals surface area contributed by atoms with Crippen LogP contribution in [0.3, 0.4) is 0 Å². The molecule has 0 aromatic carbocycles. The highest BCUT2D eigenvalue weighted by Crippen LogP contribution is 2.39. The Morgan fingerprint density at radius 2 is 2.25 bits per heavy atom. The number of aliphatic hydroxyl groups excluding tert-OH is 1. The molecule has 1 aliphatic carbocycles. The van der Waals surface area contributed by atoms with Crippen LogP contribution in [0.25, 0.3) is 0 Å². The average molecular weight is 220 g/mol. The van der Waals surface area contributed by atoms with Crippen molar-refractivity contribution in [3.8, 4) is 0 Å². The van der Waals surface area contributed by atoms with E-state index in [1.54, 1.807) is 6.20 Å². The maximum absolute atomic E-state index is 9.83. The van der Waals surface area contributed by atoms with Crippen LogP contribution in [-0.4, -0.2) is 34.3 Å². The molecule has 1 saturated heterocycles. The van der Waals surface area contributed by atoms with E-state index in [1.807, 2.05) is 6.07 Å². The third kappa shape index (κ3) is 1.51. The lowest BCUT2D eigenvalue weighted by Crippen LogP contribution is -2.25. The largest absolute Gasteiger partial charge is 0.393 e. The zero-order chi connectivity index (χ0) is 11.1. The van der Waals surface area contributed by atoms with Crippen LogP contribution in [-0.2, 0) is 0 Å². The number of hydrogen-bond acceptors (Lipinski definition) is 5. The molecular weight excluding hydrogens is 204 g/mol. The molecule has 3 rings (SSSR count). The molecule has 3 N–H and O–H groups in total. The van der Waals surface area contributed by atoms with Crippen molar-refractivity contribution in [3.63, 3.8) is 0 Å². The van der Waals surface area contributed by atoms with Crippen molar-refractivity contribution < 1.29 is 5.11 Å². The van der Waals surface area contributed by atoms with E-state index in [0.29, 0.717) is 17.8 Å². The van der Waals surface area contributed by atoms with Gasteiger partial charge in [-0.25, -0.2) is 4.98 Å². The second kappa shape index (κ2) is 3.59. The van der Waals surface area contributed by atoms with Crippen molar-refractivity contribution in [2.45, 2.75) is 18.9 Å². The monoisotopic (exact) mass is 220 g/mol. The number of rotatable bonds is 1. The molecule has 1 aromatic rings. The van der Waals surface area contributed by atoms with E-state index in [2.05, 4.69) is 14.9 Å². The van der Waals surface area contributed by atoms with Crippen LogP contribution in [0.15, 0.2) is 12.3 Å². The minimum atomic E-state index is -0.130. The minimum Gasteiger partial charge on any atom is -0.393 e. The van der Waals surface area contributed by atoms with Gasteiger partial charge in [-0.3, -0.25) is 0 Å². The van der Waals surface area contributed by atoms with Gasteiger partial charge in [0, 0.05) is 25.2 Å². The van der Waals surface area contributed by atoms with E-state index in [0.717, 1.165) is 31.7 Å². The summed E-state index contributed by atoms with van der Waals surface area (Å²) in [5.74, 6) is 2.23. The van der Waals surface area contributed by atoms with E-state index in [9.17, 15) is 5.11 Å². The van der Waals surface area contributed by atoms with Gasteiger partial charge in [-0.15, -0.1) is 0 Å². The molecule has 3 atom stereocenters. The minimum absolute atomic E-state index is 0.130. The summed E-state index contributed by atoms with van der Waals surface area (Å²) in [6.45, 7) is 1.88. The second-order valence-electron chi connectivity index (χ2n) is 4.75. The fourth-order valence-electron chi connectivity index (χ4n) is 2.96. The first kappa shape index (κ1) is 9.84. The summed E-state index contributed by atoms with van der Waals surface area (Å²) in [4.78, 5) is 10.3. The normalized spacial score (nSPS) is 33.1. The summed E-state index contributed by atoms with van der Waals surface area (Å²) in [7, 11) is 0. The molecule has 3 unspecified atom stereocenters. The second-order valence-corrected chi connectivity index (χ2v) is 4.75. The van der Waals surface area contributed by atoms with E-state index >= 15 is 0 Å². The molecular formula is C11H16N4O. The molecule has 5 heteroatoms. The molecule has 2 fully saturated rings. The van der Waals surface area contributed by atoms with E-state index in [1.165, 1.54) is 0 Å². The van der Waals surface area contributed by atoms with Crippen molar-refractivity contribution in [1.29, 1.82) is 0 Å². The van der Waals surface area contributed by atoms with Crippen LogP contribution in [0.5, 0.6) is 0 Å². The van der Waals surface area contributed by atoms with Crippen molar-refractivity contribution in [1.82, 2.24) is 9.97 Å². The lowest BCUT2D eigenvalue weighted by atomic mass is 10.00. The summed E-state index contributed by atoms with van der Waals surface area (Å²) >= 11 is 0. The first-order valence-electron chi connectivity index (χ1n) is 5.75. The van der Waals surface area contributed by atoms with E-state index in [4.69, 9.17) is 5.73 Å². The summed E-state index contributed by atoms with van der Waals surface area (Å²) in [5, 5.41) is 9.83. The summed E-state index contributed by atoms with van der Waals surface area (Å²) in [6, 6.07) is 1.88. The lowest BCUT2D eigenvalue weighted by Gasteiger charge is -2.19. The van der Waals surface area contributed by atoms with Crippen molar-refractivity contribution in [3.05, 3.63) is 12.3 Å². The molecule has 1 aromatic heterocycles. The Balaban J connectivity index is 1.79. The zero-order valence-electron chi connectivity index (χ0n) is 9.08. The van der Waals surface area contributed by atoms with Crippen molar-refractivity contribution >= 4 is 11.8 Å². The molecule has 2 aliphatic rings. The van der Waals surface area contributed by atoms with Crippen LogP contribution < -0.4 is 10.6 Å². The first-order valence-corrected chi connectivity index (χ1v) is 5.75. The van der Waals surface area contributed by atoms with Crippen LogP contribution >= 0.6 is 0 Å². The third-order valence-corrected chi connectivity index (χ3v) is 3.80. The maximum atomic E-state index is 9.83. The summed E-state index contributed by atoms with van der Waals surface area (Å²) in [6.07, 6.45) is 3.63. The number of anilines is 2. The van der Waals surface area contributed by atoms with Gasteiger partial charge in [-0.1, -0.05) is 0 Å². The SMILES string of the molecule is Nc1nccc(N2CC3CCC(O)C3C2)n1. The van der Waals surface area contributed by atoms with Gasteiger partial charge in [0.15, 0.2) is 0 Å². The smallest absolute Gasteiger partial charge is 0.221 e. The summed E-state index contributed by atoms with van der Waals surface area (Å²) in [5.41, 5.74) is 5.57. The van der Waals surface area contributed by atoms with Crippen LogP contribution in [0.2, 0.25) is 0 Å². The fraction of sp³-hybridized carbons (Fsp3) is 0.636. The molecule has 0 amide bonds. The highest BCUT2D eigenvalue weighted by Gasteiger charge is 2.42. The predicted octanol–water partition coefficient (Wildman–Crippen LogP) is 0.266. The number of nitrogens with two attached hydrogens (primary N) is 1. The maximum Gasteiger partial charge on any atom is 0.221 e. The first-order chi connectivity index (χ1) is 7.74. The lowest BCUT2D eigenvalue weighted by molar-refractivity contribution is 0.133. The Hall–Kier alpha value is -1.36. The van der Waals surface area contributed by atoms with Crippen molar-refractivity contribution in [2.75, 3.05) is 23.7 Å². The van der Waals surface area contributed by atoms with Crippen LogP contribution in [0.4, 0.5) is 11.8 Å². The quantitative estimate of drug-likeness (QED) is 0.710. The molecule has 1 saturated carbocycles. The number of hydrogen-bond donors (Lipinski definition) is 2. The van der Waals surface area contributed by atoms with E-state index < -0.39 is 0 Å². The van der Waals surface area contributed by atoms with Crippen LogP contribution in [0.1, 0.15) is 12.8 Å². The molecule has 86 valence electrons. The van der Waals surface area contributed by atoms with Gasteiger partial charge in [0.05, 0.1) is 6.10 Å². The van der Waals surface area contributed by atoms with Gasteiger partial charge in [-0.05, 0) is 24.8 Å². The Bertz CT molecular complexity index is 397. The van der Waals surface area contributed by atoms with Gasteiger partial charge in [-0.2, -0.15) is 4.98 Å². The van der Waals surface area contributed by atoms with Gasteiger partial charge < -0.3 is 15.7 Å². The third-order valence-electron chi connectivity index (χ3n) is 3.80. The number of fused-ring (bicyclic) bond motifs is 1. The van der Waals surface area contributed by atoms with Gasteiger partial charge in [0.2, 0.25) is 5.95 Å². The topological polar surface area (TPSA) is 75.3 Å². The molecule has 0 spiro atoms. The summed E-state index contributed by atoms with van der Waals surface area (Å²) < 4.78 is 0. The highest BCUT2D eigenvalue weighted by molar-refractivity contribution is 5.42.